The lowest BCUT2D eigenvalue weighted by molar-refractivity contribution is -0.274. The first-order chi connectivity index (χ1) is 14.3. The highest BCUT2D eigenvalue weighted by Gasteiger charge is 2.51. The number of nitrogens with zero attached hydrogens (tertiary/aromatic N) is 2. The topological polar surface area (TPSA) is 49.9 Å². The van der Waals surface area contributed by atoms with Crippen LogP contribution in [0.15, 0.2) is 24.3 Å². The van der Waals surface area contributed by atoms with E-state index in [0.717, 1.165) is 51.6 Å². The predicted octanol–water partition coefficient (Wildman–Crippen LogP) is 4.23. The third-order valence-corrected chi connectivity index (χ3v) is 6.95. The van der Waals surface area contributed by atoms with E-state index in [-0.39, 0.29) is 23.0 Å². The second-order valence-electron chi connectivity index (χ2n) is 8.80. The molecule has 2 heterocycles. The van der Waals surface area contributed by atoms with E-state index >= 15 is 0 Å². The van der Waals surface area contributed by atoms with Crippen LogP contribution in [-0.4, -0.2) is 54.2 Å². The first-order valence-electron chi connectivity index (χ1n) is 10.7. The number of ether oxygens (including phenoxy) is 1. The summed E-state index contributed by atoms with van der Waals surface area (Å²) < 4.78 is 40.8. The first kappa shape index (κ1) is 21.0. The van der Waals surface area contributed by atoms with E-state index in [0.29, 0.717) is 31.0 Å². The van der Waals surface area contributed by atoms with E-state index in [1.807, 2.05) is 9.80 Å². The lowest BCUT2D eigenvalue weighted by Gasteiger charge is -2.43. The van der Waals surface area contributed by atoms with Crippen LogP contribution in [0, 0.1) is 11.3 Å². The van der Waals surface area contributed by atoms with Gasteiger partial charge in [-0.1, -0.05) is 6.42 Å². The Labute approximate surface area is 174 Å². The molecule has 30 heavy (non-hydrogen) atoms. The highest BCUT2D eigenvalue weighted by Crippen LogP contribution is 2.53. The standard InChI is InChI=1S/C22H27F3N2O3/c23-22(24,25)30-18-7-4-16(5-8-18)20(29)27-14-17(21(15-27)10-3-11-21)6-9-19(28)26-12-1-2-13-26/h4-5,7-8,17H,1-3,6,9-15H2. The minimum absolute atomic E-state index is 0.0975. The van der Waals surface area contributed by atoms with E-state index in [9.17, 15) is 22.8 Å². The lowest BCUT2D eigenvalue weighted by Crippen LogP contribution is -2.39. The first-order valence-corrected chi connectivity index (χ1v) is 10.7. The summed E-state index contributed by atoms with van der Waals surface area (Å²) in [5, 5.41) is 0. The van der Waals surface area contributed by atoms with E-state index in [1.165, 1.54) is 24.3 Å². The molecular weight excluding hydrogens is 397 g/mol. The van der Waals surface area contributed by atoms with Crippen LogP contribution in [0.4, 0.5) is 13.2 Å². The van der Waals surface area contributed by atoms with Crippen molar-refractivity contribution < 1.29 is 27.5 Å². The molecule has 0 aromatic heterocycles. The molecule has 2 amide bonds. The quantitative estimate of drug-likeness (QED) is 0.711. The molecular formula is C22H27F3N2O3. The predicted molar refractivity (Wildman–Crippen MR) is 104 cm³/mol. The van der Waals surface area contributed by atoms with Gasteiger partial charge in [0.1, 0.15) is 5.75 Å². The number of carbonyl (C=O) groups excluding carboxylic acids is 2. The van der Waals surface area contributed by atoms with Crippen molar-refractivity contribution in [2.24, 2.45) is 11.3 Å². The normalized spacial score (nSPS) is 23.0. The largest absolute Gasteiger partial charge is 0.573 e. The molecule has 1 aromatic carbocycles. The van der Waals surface area contributed by atoms with Crippen molar-refractivity contribution in [1.82, 2.24) is 9.80 Å². The van der Waals surface area contributed by atoms with Crippen LogP contribution in [0.2, 0.25) is 0 Å². The zero-order chi connectivity index (χ0) is 21.4. The van der Waals surface area contributed by atoms with Crippen molar-refractivity contribution in [1.29, 1.82) is 0 Å². The molecule has 0 bridgehead atoms. The number of carbonyl (C=O) groups is 2. The number of halogens is 3. The van der Waals surface area contributed by atoms with Gasteiger partial charge < -0.3 is 14.5 Å². The van der Waals surface area contributed by atoms with Gasteiger partial charge in [0.2, 0.25) is 5.91 Å². The summed E-state index contributed by atoms with van der Waals surface area (Å²) in [7, 11) is 0. The summed E-state index contributed by atoms with van der Waals surface area (Å²) in [6.07, 6.45) is 1.99. The molecule has 2 aliphatic heterocycles. The summed E-state index contributed by atoms with van der Waals surface area (Å²) in [4.78, 5) is 29.1. The molecule has 0 radical (unpaired) electrons. The van der Waals surface area contributed by atoms with Gasteiger partial charge in [-0.25, -0.2) is 0 Å². The van der Waals surface area contributed by atoms with Crippen molar-refractivity contribution in [2.75, 3.05) is 26.2 Å². The Morgan fingerprint density at radius 1 is 1.03 bits per heavy atom. The molecule has 0 N–H and O–H groups in total. The maximum absolute atomic E-state index is 13.0. The smallest absolute Gasteiger partial charge is 0.406 e. The van der Waals surface area contributed by atoms with E-state index in [2.05, 4.69) is 4.74 Å². The molecule has 3 fully saturated rings. The van der Waals surface area contributed by atoms with Crippen molar-refractivity contribution in [2.45, 2.75) is 51.3 Å². The van der Waals surface area contributed by atoms with Crippen LogP contribution < -0.4 is 4.74 Å². The Kier molecular flexibility index (Phi) is 5.68. The van der Waals surface area contributed by atoms with Gasteiger partial charge >= 0.3 is 6.36 Å². The molecule has 164 valence electrons. The van der Waals surface area contributed by atoms with Gasteiger partial charge in [-0.15, -0.1) is 13.2 Å². The van der Waals surface area contributed by atoms with Crippen molar-refractivity contribution in [3.8, 4) is 5.75 Å². The van der Waals surface area contributed by atoms with Gasteiger partial charge in [0.25, 0.3) is 5.91 Å². The monoisotopic (exact) mass is 424 g/mol. The number of amides is 2. The molecule has 2 saturated heterocycles. The maximum Gasteiger partial charge on any atom is 0.573 e. The number of hydrogen-bond acceptors (Lipinski definition) is 3. The minimum Gasteiger partial charge on any atom is -0.406 e. The second kappa shape index (κ2) is 8.12. The van der Waals surface area contributed by atoms with E-state index < -0.39 is 6.36 Å². The molecule has 1 aliphatic carbocycles. The molecule has 1 aromatic rings. The van der Waals surface area contributed by atoms with Gasteiger partial charge in [0.15, 0.2) is 0 Å². The fourth-order valence-electron chi connectivity index (χ4n) is 5.19. The number of likely N-dealkylation sites (tertiary alicyclic amines) is 2. The van der Waals surface area contributed by atoms with Crippen LogP contribution in [0.1, 0.15) is 55.3 Å². The Morgan fingerprint density at radius 3 is 2.27 bits per heavy atom. The van der Waals surface area contributed by atoms with Gasteiger partial charge in [-0.05, 0) is 67.7 Å². The SMILES string of the molecule is O=C(CCC1CN(C(=O)c2ccc(OC(F)(F)F)cc2)CC12CCC2)N1CCCC1. The molecule has 4 rings (SSSR count). The van der Waals surface area contributed by atoms with Gasteiger partial charge in [0.05, 0.1) is 0 Å². The van der Waals surface area contributed by atoms with Crippen LogP contribution in [-0.2, 0) is 4.79 Å². The summed E-state index contributed by atoms with van der Waals surface area (Å²) in [5.41, 5.74) is 0.452. The minimum atomic E-state index is -4.75. The third-order valence-electron chi connectivity index (χ3n) is 6.95. The number of alkyl halides is 3. The molecule has 1 saturated carbocycles. The highest BCUT2D eigenvalue weighted by atomic mass is 19.4. The zero-order valence-electron chi connectivity index (χ0n) is 16.9. The fraction of sp³-hybridized carbons (Fsp3) is 0.636. The maximum atomic E-state index is 13.0. The average molecular weight is 424 g/mol. The molecule has 1 atom stereocenters. The Hall–Kier alpha value is -2.25. The molecule has 1 spiro atoms. The second-order valence-corrected chi connectivity index (χ2v) is 8.80. The Balaban J connectivity index is 1.37. The summed E-state index contributed by atoms with van der Waals surface area (Å²) >= 11 is 0. The number of benzene rings is 1. The molecule has 8 heteroatoms. The fourth-order valence-corrected chi connectivity index (χ4v) is 5.19. The van der Waals surface area contributed by atoms with Crippen LogP contribution in [0.25, 0.3) is 0 Å². The van der Waals surface area contributed by atoms with Crippen LogP contribution in [0.5, 0.6) is 5.75 Å². The summed E-state index contributed by atoms with van der Waals surface area (Å²) in [6.45, 7) is 2.97. The van der Waals surface area contributed by atoms with Crippen molar-refractivity contribution >= 4 is 11.8 Å². The van der Waals surface area contributed by atoms with E-state index in [4.69, 9.17) is 0 Å². The Bertz CT molecular complexity index is 784. The van der Waals surface area contributed by atoms with Crippen molar-refractivity contribution in [3.63, 3.8) is 0 Å². The third kappa shape index (κ3) is 4.42. The van der Waals surface area contributed by atoms with E-state index in [1.54, 1.807) is 0 Å². The highest BCUT2D eigenvalue weighted by molar-refractivity contribution is 5.94. The van der Waals surface area contributed by atoms with Gasteiger partial charge in [-0.2, -0.15) is 0 Å². The van der Waals surface area contributed by atoms with Gasteiger partial charge in [0, 0.05) is 38.2 Å². The average Bonchev–Trinajstić information content (AvgIpc) is 3.32. The number of hydrogen-bond donors (Lipinski definition) is 0. The van der Waals surface area contributed by atoms with Crippen LogP contribution >= 0.6 is 0 Å². The zero-order valence-corrected chi connectivity index (χ0v) is 16.9. The summed E-state index contributed by atoms with van der Waals surface area (Å²) in [6, 6.07) is 5.09. The van der Waals surface area contributed by atoms with Crippen molar-refractivity contribution in [3.05, 3.63) is 29.8 Å². The van der Waals surface area contributed by atoms with Crippen LogP contribution in [0.3, 0.4) is 0 Å². The lowest BCUT2D eigenvalue weighted by atomic mass is 9.62. The number of rotatable bonds is 5. The molecule has 5 nitrogen and oxygen atoms in total. The molecule has 1 unspecified atom stereocenters. The Morgan fingerprint density at radius 2 is 1.70 bits per heavy atom. The van der Waals surface area contributed by atoms with Gasteiger partial charge in [-0.3, -0.25) is 9.59 Å². The summed E-state index contributed by atoms with van der Waals surface area (Å²) in [5.74, 6) is 0.00373. The molecule has 3 aliphatic rings.